The van der Waals surface area contributed by atoms with Crippen molar-refractivity contribution in [3.05, 3.63) is 40.1 Å². The van der Waals surface area contributed by atoms with E-state index in [0.29, 0.717) is 0 Å². The lowest BCUT2D eigenvalue weighted by molar-refractivity contribution is 0.667. The molecule has 96 valence electrons. The second-order valence-corrected chi connectivity index (χ2v) is 5.25. The number of benzene rings is 1. The van der Waals surface area contributed by atoms with Gasteiger partial charge in [-0.3, -0.25) is 0 Å². The van der Waals surface area contributed by atoms with E-state index < -0.39 is 0 Å². The van der Waals surface area contributed by atoms with Gasteiger partial charge in [0.1, 0.15) is 5.82 Å². The Morgan fingerprint density at radius 2 is 2.22 bits per heavy atom. The molecular formula is C14H18BrN3. The molecule has 1 heterocycles. The van der Waals surface area contributed by atoms with Gasteiger partial charge in [0.2, 0.25) is 0 Å². The molecule has 0 radical (unpaired) electrons. The van der Waals surface area contributed by atoms with E-state index in [0.717, 1.165) is 41.1 Å². The monoisotopic (exact) mass is 307 g/mol. The Kier molecular flexibility index (Phi) is 4.55. The van der Waals surface area contributed by atoms with Crippen molar-refractivity contribution in [2.45, 2.75) is 26.8 Å². The summed E-state index contributed by atoms with van der Waals surface area (Å²) < 4.78 is 1.11. The fourth-order valence-electron chi connectivity index (χ4n) is 1.74. The maximum atomic E-state index is 4.42. The molecule has 0 aliphatic rings. The maximum Gasteiger partial charge on any atom is 0.137 e. The summed E-state index contributed by atoms with van der Waals surface area (Å²) in [6.45, 7) is 6.11. The van der Waals surface area contributed by atoms with Gasteiger partial charge in [0.25, 0.3) is 0 Å². The van der Waals surface area contributed by atoms with Gasteiger partial charge in [0, 0.05) is 28.5 Å². The van der Waals surface area contributed by atoms with Crippen molar-refractivity contribution in [3.63, 3.8) is 0 Å². The minimum absolute atomic E-state index is 0.841. The molecule has 0 aliphatic carbocycles. The molecule has 1 aromatic heterocycles. The predicted octanol–water partition coefficient (Wildman–Crippen LogP) is 3.65. The molecule has 2 rings (SSSR count). The molecule has 4 heteroatoms. The van der Waals surface area contributed by atoms with Crippen LogP contribution in [0.25, 0.3) is 11.4 Å². The molecule has 0 amide bonds. The van der Waals surface area contributed by atoms with Crippen molar-refractivity contribution in [1.29, 1.82) is 0 Å². The Labute approximate surface area is 116 Å². The highest BCUT2D eigenvalue weighted by Gasteiger charge is 2.05. The van der Waals surface area contributed by atoms with Gasteiger partial charge in [0.05, 0.1) is 0 Å². The molecule has 0 saturated heterocycles. The number of nitrogens with one attached hydrogen (secondary N) is 2. The first-order chi connectivity index (χ1) is 8.70. The molecule has 0 fully saturated rings. The lowest BCUT2D eigenvalue weighted by Gasteiger charge is -2.02. The summed E-state index contributed by atoms with van der Waals surface area (Å²) in [5.41, 5.74) is 3.46. The molecule has 0 bridgehead atoms. The topological polar surface area (TPSA) is 40.7 Å². The van der Waals surface area contributed by atoms with Crippen molar-refractivity contribution in [3.8, 4) is 11.4 Å². The molecule has 2 aromatic rings. The van der Waals surface area contributed by atoms with Crippen LogP contribution in [-0.4, -0.2) is 16.5 Å². The fraction of sp³-hybridized carbons (Fsp3) is 0.357. The molecule has 3 nitrogen and oxygen atoms in total. The van der Waals surface area contributed by atoms with E-state index in [9.17, 15) is 0 Å². The van der Waals surface area contributed by atoms with Crippen LogP contribution in [0.2, 0.25) is 0 Å². The van der Waals surface area contributed by atoms with E-state index in [2.05, 4.69) is 63.3 Å². The van der Waals surface area contributed by atoms with E-state index in [1.54, 1.807) is 0 Å². The third-order valence-electron chi connectivity index (χ3n) is 2.82. The highest BCUT2D eigenvalue weighted by atomic mass is 79.9. The highest BCUT2D eigenvalue weighted by Crippen LogP contribution is 2.23. The lowest BCUT2D eigenvalue weighted by Crippen LogP contribution is -2.13. The molecule has 0 unspecified atom stereocenters. The van der Waals surface area contributed by atoms with Gasteiger partial charge in [-0.1, -0.05) is 35.0 Å². The first-order valence-electron chi connectivity index (χ1n) is 6.22. The zero-order valence-corrected chi connectivity index (χ0v) is 12.3. The summed E-state index contributed by atoms with van der Waals surface area (Å²) in [7, 11) is 0. The summed E-state index contributed by atoms with van der Waals surface area (Å²) in [5.74, 6) is 0.920. The number of halogens is 1. The summed E-state index contributed by atoms with van der Waals surface area (Å²) in [5, 5.41) is 3.36. The van der Waals surface area contributed by atoms with Crippen molar-refractivity contribution < 1.29 is 0 Å². The second kappa shape index (κ2) is 6.16. The largest absolute Gasteiger partial charge is 0.341 e. The Morgan fingerprint density at radius 1 is 1.39 bits per heavy atom. The van der Waals surface area contributed by atoms with Crippen LogP contribution >= 0.6 is 15.9 Å². The third kappa shape index (κ3) is 3.21. The van der Waals surface area contributed by atoms with Crippen LogP contribution in [0.1, 0.15) is 24.6 Å². The molecule has 1 aromatic carbocycles. The predicted molar refractivity (Wildman–Crippen MR) is 78.5 cm³/mol. The smallest absolute Gasteiger partial charge is 0.137 e. The van der Waals surface area contributed by atoms with Gasteiger partial charge in [0.15, 0.2) is 0 Å². The summed E-state index contributed by atoms with van der Waals surface area (Å²) in [6.07, 6.45) is 3.04. The molecule has 0 aliphatic heterocycles. The summed E-state index contributed by atoms with van der Waals surface area (Å²) in [6, 6.07) is 6.27. The number of aromatic nitrogens is 2. The van der Waals surface area contributed by atoms with Crippen LogP contribution in [-0.2, 0) is 6.54 Å². The van der Waals surface area contributed by atoms with E-state index in [-0.39, 0.29) is 0 Å². The number of aromatic amines is 1. The first-order valence-corrected chi connectivity index (χ1v) is 7.01. The summed E-state index contributed by atoms with van der Waals surface area (Å²) in [4.78, 5) is 7.76. The lowest BCUT2D eigenvalue weighted by atomic mass is 10.1. The molecule has 0 saturated carbocycles. The van der Waals surface area contributed by atoms with Crippen molar-refractivity contribution in [1.82, 2.24) is 15.3 Å². The minimum Gasteiger partial charge on any atom is -0.341 e. The van der Waals surface area contributed by atoms with E-state index in [1.165, 1.54) is 5.56 Å². The van der Waals surface area contributed by atoms with Gasteiger partial charge in [-0.15, -0.1) is 0 Å². The highest BCUT2D eigenvalue weighted by molar-refractivity contribution is 9.10. The standard InChI is InChI=1S/C14H18BrN3/c1-3-6-16-8-12-9-17-14(18-12)11-5-4-10(2)13(15)7-11/h4-5,7,9,16H,3,6,8H2,1-2H3,(H,17,18). The Bertz CT molecular complexity index is 520. The number of nitrogens with zero attached hydrogens (tertiary/aromatic N) is 1. The third-order valence-corrected chi connectivity index (χ3v) is 3.67. The van der Waals surface area contributed by atoms with Gasteiger partial charge >= 0.3 is 0 Å². The van der Waals surface area contributed by atoms with Crippen LogP contribution in [0.4, 0.5) is 0 Å². The van der Waals surface area contributed by atoms with E-state index in [4.69, 9.17) is 0 Å². The molecule has 0 spiro atoms. The normalized spacial score (nSPS) is 10.8. The molecular weight excluding hydrogens is 290 g/mol. The van der Waals surface area contributed by atoms with Crippen molar-refractivity contribution in [2.24, 2.45) is 0 Å². The van der Waals surface area contributed by atoms with Crippen LogP contribution in [0.15, 0.2) is 28.9 Å². The van der Waals surface area contributed by atoms with Crippen LogP contribution in [0.3, 0.4) is 0 Å². The minimum atomic E-state index is 0.841. The maximum absolute atomic E-state index is 4.42. The molecule has 18 heavy (non-hydrogen) atoms. The number of H-pyrrole nitrogens is 1. The average molecular weight is 308 g/mol. The quantitative estimate of drug-likeness (QED) is 0.828. The first kappa shape index (κ1) is 13.3. The SMILES string of the molecule is CCCNCc1cnc(-c2ccc(C)c(Br)c2)[nH]1. The number of aryl methyl sites for hydroxylation is 1. The number of rotatable bonds is 5. The number of hydrogen-bond acceptors (Lipinski definition) is 2. The second-order valence-electron chi connectivity index (χ2n) is 4.40. The van der Waals surface area contributed by atoms with E-state index in [1.807, 2.05) is 6.20 Å². The van der Waals surface area contributed by atoms with Crippen molar-refractivity contribution >= 4 is 15.9 Å². The van der Waals surface area contributed by atoms with Crippen molar-refractivity contribution in [2.75, 3.05) is 6.54 Å². The van der Waals surface area contributed by atoms with Crippen LogP contribution in [0.5, 0.6) is 0 Å². The van der Waals surface area contributed by atoms with Gasteiger partial charge in [-0.2, -0.15) is 0 Å². The Morgan fingerprint density at radius 3 is 2.94 bits per heavy atom. The number of hydrogen-bond donors (Lipinski definition) is 2. The Balaban J connectivity index is 2.11. The summed E-state index contributed by atoms with van der Waals surface area (Å²) >= 11 is 3.55. The zero-order chi connectivity index (χ0) is 13.0. The van der Waals surface area contributed by atoms with Gasteiger partial charge in [-0.05, 0) is 31.5 Å². The average Bonchev–Trinajstić information content (AvgIpc) is 2.82. The van der Waals surface area contributed by atoms with Crippen LogP contribution in [0, 0.1) is 6.92 Å². The van der Waals surface area contributed by atoms with E-state index >= 15 is 0 Å². The Hall–Kier alpha value is -1.13. The molecule has 0 atom stereocenters. The molecule has 2 N–H and O–H groups in total. The van der Waals surface area contributed by atoms with Gasteiger partial charge in [-0.25, -0.2) is 4.98 Å². The zero-order valence-electron chi connectivity index (χ0n) is 10.8. The van der Waals surface area contributed by atoms with Gasteiger partial charge < -0.3 is 10.3 Å². The number of imidazole rings is 1. The fourth-order valence-corrected chi connectivity index (χ4v) is 2.11. The van der Waals surface area contributed by atoms with Crippen LogP contribution < -0.4 is 5.32 Å².